The van der Waals surface area contributed by atoms with E-state index in [2.05, 4.69) is 19.9 Å². The first kappa shape index (κ1) is 9.55. The highest BCUT2D eigenvalue weighted by Crippen LogP contribution is 2.63. The number of rotatable bonds is 1. The van der Waals surface area contributed by atoms with E-state index in [4.69, 9.17) is 16.9 Å². The fourth-order valence-electron chi connectivity index (χ4n) is 2.17. The number of benzene rings is 1. The zero-order chi connectivity index (χ0) is 10.3. The molecule has 1 nitrogen and oxygen atoms in total. The summed E-state index contributed by atoms with van der Waals surface area (Å²) in [5, 5.41) is 9.70. The van der Waals surface area contributed by atoms with E-state index in [0.717, 1.165) is 5.02 Å². The van der Waals surface area contributed by atoms with Crippen molar-refractivity contribution < 1.29 is 0 Å². The molecule has 0 heterocycles. The zero-order valence-corrected chi connectivity index (χ0v) is 9.05. The topological polar surface area (TPSA) is 23.8 Å². The zero-order valence-electron chi connectivity index (χ0n) is 8.29. The third kappa shape index (κ3) is 1.31. The average Bonchev–Trinajstić information content (AvgIpc) is 2.69. The van der Waals surface area contributed by atoms with E-state index in [0.29, 0.717) is 5.92 Å². The predicted octanol–water partition coefficient (Wildman–Crippen LogP) is 3.60. The molecular weight excluding hydrogens is 194 g/mol. The van der Waals surface area contributed by atoms with Crippen molar-refractivity contribution in [2.75, 3.05) is 0 Å². The molecule has 2 heteroatoms. The Hall–Kier alpha value is -1.00. The predicted molar refractivity (Wildman–Crippen MR) is 57.1 cm³/mol. The molecule has 1 aromatic rings. The van der Waals surface area contributed by atoms with Crippen LogP contribution in [-0.2, 0) is 0 Å². The van der Waals surface area contributed by atoms with Crippen LogP contribution in [-0.4, -0.2) is 0 Å². The minimum atomic E-state index is 0.128. The van der Waals surface area contributed by atoms with Gasteiger partial charge in [-0.05, 0) is 23.1 Å². The second-order valence-electron chi connectivity index (χ2n) is 4.46. The Balaban J connectivity index is 2.28. The monoisotopic (exact) mass is 205 g/mol. The lowest BCUT2D eigenvalue weighted by Crippen LogP contribution is -1.89. The summed E-state index contributed by atoms with van der Waals surface area (Å²) in [6, 6.07) is 10.2. The van der Waals surface area contributed by atoms with Crippen molar-refractivity contribution in [2.45, 2.75) is 19.8 Å². The Bertz CT molecular complexity index is 386. The lowest BCUT2D eigenvalue weighted by molar-refractivity contribution is 0.596. The van der Waals surface area contributed by atoms with Crippen molar-refractivity contribution in [1.82, 2.24) is 0 Å². The van der Waals surface area contributed by atoms with Gasteiger partial charge in [-0.2, -0.15) is 5.26 Å². The average molecular weight is 206 g/mol. The van der Waals surface area contributed by atoms with Gasteiger partial charge in [0.25, 0.3) is 0 Å². The minimum absolute atomic E-state index is 0.128. The number of hydrogen-bond acceptors (Lipinski definition) is 1. The first-order valence-corrected chi connectivity index (χ1v) is 5.10. The molecule has 0 bridgehead atoms. The highest BCUT2D eigenvalue weighted by Gasteiger charge is 2.58. The van der Waals surface area contributed by atoms with Gasteiger partial charge in [0.15, 0.2) is 0 Å². The van der Waals surface area contributed by atoms with Gasteiger partial charge >= 0.3 is 0 Å². The largest absolute Gasteiger partial charge is 0.198 e. The molecule has 72 valence electrons. The fraction of sp³-hybridized carbons (Fsp3) is 0.417. The molecular formula is C12H12ClN. The molecule has 1 saturated carbocycles. The maximum atomic E-state index is 8.95. The standard InChI is InChI=1S/C12H12ClN/c1-12(2)10(7-14)11(12)8-3-5-9(13)6-4-8/h3-6,10-11H,1-2H3/t10-,11-/m0/s1. The molecule has 0 unspecified atom stereocenters. The summed E-state index contributed by atoms with van der Waals surface area (Å²) in [6.07, 6.45) is 0. The molecule has 0 amide bonds. The Kier molecular flexibility index (Phi) is 2.05. The normalized spacial score (nSPS) is 28.1. The summed E-state index contributed by atoms with van der Waals surface area (Å²) in [6.45, 7) is 4.28. The van der Waals surface area contributed by atoms with Crippen LogP contribution in [0.3, 0.4) is 0 Å². The molecule has 1 fully saturated rings. The molecule has 2 atom stereocenters. The van der Waals surface area contributed by atoms with Gasteiger partial charge in [0, 0.05) is 10.9 Å². The van der Waals surface area contributed by atoms with E-state index in [1.54, 1.807) is 0 Å². The van der Waals surface area contributed by atoms with Gasteiger partial charge in [-0.25, -0.2) is 0 Å². The molecule has 0 aliphatic heterocycles. The minimum Gasteiger partial charge on any atom is -0.198 e. The second-order valence-corrected chi connectivity index (χ2v) is 4.89. The van der Waals surface area contributed by atoms with Crippen LogP contribution in [0.25, 0.3) is 0 Å². The number of nitriles is 1. The van der Waals surface area contributed by atoms with Crippen LogP contribution in [0, 0.1) is 22.7 Å². The Morgan fingerprint density at radius 2 is 1.86 bits per heavy atom. The molecule has 2 rings (SSSR count). The van der Waals surface area contributed by atoms with Crippen LogP contribution in [0.4, 0.5) is 0 Å². The number of halogens is 1. The first-order chi connectivity index (χ1) is 6.57. The molecule has 0 spiro atoms. The van der Waals surface area contributed by atoms with Crippen molar-refractivity contribution in [2.24, 2.45) is 11.3 Å². The van der Waals surface area contributed by atoms with E-state index in [1.807, 2.05) is 24.3 Å². The fourth-order valence-corrected chi connectivity index (χ4v) is 2.30. The van der Waals surface area contributed by atoms with Crippen LogP contribution in [0.2, 0.25) is 5.02 Å². The maximum Gasteiger partial charge on any atom is 0.0668 e. The molecule has 0 saturated heterocycles. The SMILES string of the molecule is CC1(C)[C@@H](C#N)[C@@H]1c1ccc(Cl)cc1. The van der Waals surface area contributed by atoms with Crippen LogP contribution >= 0.6 is 11.6 Å². The lowest BCUT2D eigenvalue weighted by atomic mass is 10.0. The van der Waals surface area contributed by atoms with Crippen molar-refractivity contribution in [3.8, 4) is 6.07 Å². The van der Waals surface area contributed by atoms with Gasteiger partial charge in [0.2, 0.25) is 0 Å². The lowest BCUT2D eigenvalue weighted by Gasteiger charge is -2.02. The highest BCUT2D eigenvalue weighted by molar-refractivity contribution is 6.30. The van der Waals surface area contributed by atoms with Gasteiger partial charge in [-0.1, -0.05) is 37.6 Å². The second kappa shape index (κ2) is 3.00. The molecule has 0 N–H and O–H groups in total. The van der Waals surface area contributed by atoms with Gasteiger partial charge in [0.1, 0.15) is 0 Å². The maximum absolute atomic E-state index is 8.95. The van der Waals surface area contributed by atoms with Crippen LogP contribution in [0.5, 0.6) is 0 Å². The van der Waals surface area contributed by atoms with E-state index in [9.17, 15) is 0 Å². The molecule has 14 heavy (non-hydrogen) atoms. The molecule has 0 aromatic heterocycles. The van der Waals surface area contributed by atoms with Gasteiger partial charge < -0.3 is 0 Å². The van der Waals surface area contributed by atoms with E-state index < -0.39 is 0 Å². The van der Waals surface area contributed by atoms with Crippen LogP contribution in [0.1, 0.15) is 25.3 Å². The summed E-state index contributed by atoms with van der Waals surface area (Å²) < 4.78 is 0. The Labute approximate surface area is 89.3 Å². The van der Waals surface area contributed by atoms with Gasteiger partial charge in [-0.3, -0.25) is 0 Å². The van der Waals surface area contributed by atoms with Crippen molar-refractivity contribution in [1.29, 1.82) is 5.26 Å². The third-order valence-corrected chi connectivity index (χ3v) is 3.45. The van der Waals surface area contributed by atoms with Crippen molar-refractivity contribution >= 4 is 11.6 Å². The summed E-state index contributed by atoms with van der Waals surface area (Å²) in [7, 11) is 0. The smallest absolute Gasteiger partial charge is 0.0668 e. The third-order valence-electron chi connectivity index (χ3n) is 3.20. The summed E-state index contributed by atoms with van der Waals surface area (Å²) >= 11 is 5.81. The summed E-state index contributed by atoms with van der Waals surface area (Å²) in [4.78, 5) is 0. The van der Waals surface area contributed by atoms with Gasteiger partial charge in [-0.15, -0.1) is 0 Å². The highest BCUT2D eigenvalue weighted by atomic mass is 35.5. The van der Waals surface area contributed by atoms with E-state index in [-0.39, 0.29) is 11.3 Å². The van der Waals surface area contributed by atoms with Gasteiger partial charge in [0.05, 0.1) is 12.0 Å². The summed E-state index contributed by atoms with van der Waals surface area (Å²) in [5.41, 5.74) is 1.36. The van der Waals surface area contributed by atoms with Crippen molar-refractivity contribution in [3.05, 3.63) is 34.9 Å². The van der Waals surface area contributed by atoms with Crippen molar-refractivity contribution in [3.63, 3.8) is 0 Å². The first-order valence-electron chi connectivity index (χ1n) is 4.72. The molecule has 0 radical (unpaired) electrons. The molecule has 1 aliphatic rings. The molecule has 1 aromatic carbocycles. The van der Waals surface area contributed by atoms with Crippen LogP contribution < -0.4 is 0 Å². The summed E-state index contributed by atoms with van der Waals surface area (Å²) in [5.74, 6) is 0.536. The van der Waals surface area contributed by atoms with Crippen LogP contribution in [0.15, 0.2) is 24.3 Å². The Morgan fingerprint density at radius 1 is 1.29 bits per heavy atom. The number of nitrogens with zero attached hydrogens (tertiary/aromatic N) is 1. The number of hydrogen-bond donors (Lipinski definition) is 0. The quantitative estimate of drug-likeness (QED) is 0.687. The molecule has 1 aliphatic carbocycles. The Morgan fingerprint density at radius 3 is 2.29 bits per heavy atom. The van der Waals surface area contributed by atoms with E-state index in [1.165, 1.54) is 5.56 Å². The van der Waals surface area contributed by atoms with E-state index >= 15 is 0 Å².